The summed E-state index contributed by atoms with van der Waals surface area (Å²) in [6, 6.07) is 4.45. The Kier molecular flexibility index (Phi) is 4.62. The van der Waals surface area contributed by atoms with Crippen LogP contribution in [0.25, 0.3) is 0 Å². The molecule has 1 aliphatic rings. The first-order valence-electron chi connectivity index (χ1n) is 6.15. The van der Waals surface area contributed by atoms with E-state index in [1.54, 1.807) is 11.3 Å². The molecule has 0 aromatic carbocycles. The van der Waals surface area contributed by atoms with Crippen molar-refractivity contribution in [1.29, 1.82) is 0 Å². The molecule has 1 aromatic heterocycles. The standard InChI is InChI=1S/C13H18BrNOS/c1-10-6-7-12(17-10)13(16)15-9-3-5-11(15)4-2-8-14/h6-7,11H,2-5,8-9H2,1H3. The van der Waals surface area contributed by atoms with Gasteiger partial charge in [0, 0.05) is 22.8 Å². The van der Waals surface area contributed by atoms with E-state index >= 15 is 0 Å². The van der Waals surface area contributed by atoms with Crippen molar-refractivity contribution >= 4 is 33.2 Å². The maximum Gasteiger partial charge on any atom is 0.264 e. The molecule has 2 rings (SSSR count). The summed E-state index contributed by atoms with van der Waals surface area (Å²) >= 11 is 5.07. The lowest BCUT2D eigenvalue weighted by Gasteiger charge is -2.24. The molecule has 4 heteroatoms. The Morgan fingerprint density at radius 3 is 3.06 bits per heavy atom. The second-order valence-electron chi connectivity index (χ2n) is 4.54. The summed E-state index contributed by atoms with van der Waals surface area (Å²) in [7, 11) is 0. The molecular weight excluding hydrogens is 298 g/mol. The molecule has 2 nitrogen and oxygen atoms in total. The molecule has 1 aliphatic heterocycles. The average Bonchev–Trinajstić information content (AvgIpc) is 2.94. The van der Waals surface area contributed by atoms with E-state index in [0.717, 1.165) is 36.0 Å². The Bertz CT molecular complexity index is 391. The van der Waals surface area contributed by atoms with E-state index in [0.29, 0.717) is 6.04 Å². The molecule has 94 valence electrons. The van der Waals surface area contributed by atoms with Crippen molar-refractivity contribution in [2.75, 3.05) is 11.9 Å². The Morgan fingerprint density at radius 1 is 1.59 bits per heavy atom. The summed E-state index contributed by atoms with van der Waals surface area (Å²) in [5.74, 6) is 0.236. The van der Waals surface area contributed by atoms with Crippen molar-refractivity contribution in [3.8, 4) is 0 Å². The van der Waals surface area contributed by atoms with Gasteiger partial charge in [-0.3, -0.25) is 4.79 Å². The van der Waals surface area contributed by atoms with Crippen LogP contribution < -0.4 is 0 Å². The third-order valence-corrected chi connectivity index (χ3v) is 4.81. The molecule has 1 aromatic rings. The number of aryl methyl sites for hydroxylation is 1. The van der Waals surface area contributed by atoms with Crippen molar-refractivity contribution in [2.24, 2.45) is 0 Å². The first-order valence-corrected chi connectivity index (χ1v) is 8.09. The van der Waals surface area contributed by atoms with Crippen LogP contribution in [-0.4, -0.2) is 28.7 Å². The Morgan fingerprint density at radius 2 is 2.41 bits per heavy atom. The minimum Gasteiger partial charge on any atom is -0.335 e. The lowest BCUT2D eigenvalue weighted by molar-refractivity contribution is 0.0735. The van der Waals surface area contributed by atoms with E-state index in [2.05, 4.69) is 20.8 Å². The van der Waals surface area contributed by atoms with Crippen molar-refractivity contribution in [1.82, 2.24) is 4.90 Å². The van der Waals surface area contributed by atoms with Gasteiger partial charge in [0.05, 0.1) is 4.88 Å². The van der Waals surface area contributed by atoms with Gasteiger partial charge in [-0.15, -0.1) is 11.3 Å². The van der Waals surface area contributed by atoms with Gasteiger partial charge in [0.25, 0.3) is 5.91 Å². The summed E-state index contributed by atoms with van der Waals surface area (Å²) in [5.41, 5.74) is 0. The van der Waals surface area contributed by atoms with Gasteiger partial charge in [0.15, 0.2) is 0 Å². The topological polar surface area (TPSA) is 20.3 Å². The quantitative estimate of drug-likeness (QED) is 0.773. The van der Waals surface area contributed by atoms with E-state index in [9.17, 15) is 4.79 Å². The predicted octanol–water partition coefficient (Wildman–Crippen LogP) is 3.84. The van der Waals surface area contributed by atoms with Crippen LogP contribution in [0.3, 0.4) is 0 Å². The first-order chi connectivity index (χ1) is 8.22. The monoisotopic (exact) mass is 315 g/mol. The number of thiophene rings is 1. The largest absolute Gasteiger partial charge is 0.335 e. The zero-order valence-corrected chi connectivity index (χ0v) is 12.5. The molecule has 2 heterocycles. The van der Waals surface area contributed by atoms with Gasteiger partial charge in [-0.1, -0.05) is 15.9 Å². The molecule has 1 saturated heterocycles. The van der Waals surface area contributed by atoms with Crippen LogP contribution in [0.2, 0.25) is 0 Å². The zero-order chi connectivity index (χ0) is 12.3. The van der Waals surface area contributed by atoms with Crippen LogP contribution >= 0.6 is 27.3 Å². The van der Waals surface area contributed by atoms with Crippen LogP contribution in [0.1, 0.15) is 40.2 Å². The number of hydrogen-bond acceptors (Lipinski definition) is 2. The highest BCUT2D eigenvalue weighted by Crippen LogP contribution is 2.26. The third kappa shape index (κ3) is 3.10. The van der Waals surface area contributed by atoms with Gasteiger partial charge in [-0.05, 0) is 44.7 Å². The molecular formula is C13H18BrNOS. The molecule has 0 aliphatic carbocycles. The lowest BCUT2D eigenvalue weighted by Crippen LogP contribution is -2.35. The fourth-order valence-corrected chi connectivity index (χ4v) is 3.55. The maximum absolute atomic E-state index is 12.4. The van der Waals surface area contributed by atoms with Gasteiger partial charge >= 0.3 is 0 Å². The third-order valence-electron chi connectivity index (χ3n) is 3.26. The molecule has 0 spiro atoms. The van der Waals surface area contributed by atoms with Crippen molar-refractivity contribution in [3.63, 3.8) is 0 Å². The Balaban J connectivity index is 2.03. The van der Waals surface area contributed by atoms with Crippen molar-refractivity contribution < 1.29 is 4.79 Å². The number of likely N-dealkylation sites (tertiary alicyclic amines) is 1. The number of carbonyl (C=O) groups excluding carboxylic acids is 1. The highest BCUT2D eigenvalue weighted by molar-refractivity contribution is 9.09. The van der Waals surface area contributed by atoms with Gasteiger partial charge in [0.2, 0.25) is 0 Å². The van der Waals surface area contributed by atoms with Crippen molar-refractivity contribution in [3.05, 3.63) is 21.9 Å². The molecule has 17 heavy (non-hydrogen) atoms. The number of amides is 1. The Hall–Kier alpha value is -0.350. The Labute approximate surface area is 115 Å². The van der Waals surface area contributed by atoms with E-state index in [1.165, 1.54) is 11.3 Å². The minimum absolute atomic E-state index is 0.236. The van der Waals surface area contributed by atoms with E-state index in [-0.39, 0.29) is 5.91 Å². The molecule has 1 amide bonds. The number of hydrogen-bond donors (Lipinski definition) is 0. The van der Waals surface area contributed by atoms with Crippen LogP contribution in [0.5, 0.6) is 0 Å². The number of alkyl halides is 1. The average molecular weight is 316 g/mol. The normalized spacial score (nSPS) is 19.9. The summed E-state index contributed by atoms with van der Waals surface area (Å²) in [6.07, 6.45) is 4.60. The minimum atomic E-state index is 0.236. The van der Waals surface area contributed by atoms with Gasteiger partial charge in [0.1, 0.15) is 0 Å². The van der Waals surface area contributed by atoms with Gasteiger partial charge in [-0.25, -0.2) is 0 Å². The maximum atomic E-state index is 12.4. The summed E-state index contributed by atoms with van der Waals surface area (Å²) in [5, 5.41) is 1.03. The highest BCUT2D eigenvalue weighted by atomic mass is 79.9. The van der Waals surface area contributed by atoms with Crippen LogP contribution in [0.15, 0.2) is 12.1 Å². The molecule has 0 bridgehead atoms. The molecule has 0 N–H and O–H groups in total. The van der Waals surface area contributed by atoms with E-state index < -0.39 is 0 Å². The van der Waals surface area contributed by atoms with Crippen LogP contribution in [-0.2, 0) is 0 Å². The number of nitrogens with zero attached hydrogens (tertiary/aromatic N) is 1. The zero-order valence-electron chi connectivity index (χ0n) is 10.1. The molecule has 1 atom stereocenters. The van der Waals surface area contributed by atoms with Crippen LogP contribution in [0, 0.1) is 6.92 Å². The molecule has 1 fully saturated rings. The fraction of sp³-hybridized carbons (Fsp3) is 0.615. The van der Waals surface area contributed by atoms with Gasteiger partial charge in [-0.2, -0.15) is 0 Å². The molecule has 0 saturated carbocycles. The van der Waals surface area contributed by atoms with Crippen LogP contribution in [0.4, 0.5) is 0 Å². The first kappa shape index (κ1) is 13.1. The van der Waals surface area contributed by atoms with E-state index in [4.69, 9.17) is 0 Å². The smallest absolute Gasteiger partial charge is 0.264 e. The lowest BCUT2D eigenvalue weighted by atomic mass is 10.1. The fourth-order valence-electron chi connectivity index (χ4n) is 2.41. The molecule has 0 radical (unpaired) electrons. The number of rotatable bonds is 4. The summed E-state index contributed by atoms with van der Waals surface area (Å²) in [6.45, 7) is 2.98. The highest BCUT2D eigenvalue weighted by Gasteiger charge is 2.29. The SMILES string of the molecule is Cc1ccc(C(=O)N2CCCC2CCCBr)s1. The van der Waals surface area contributed by atoms with E-state index in [1.807, 2.05) is 19.1 Å². The predicted molar refractivity (Wildman–Crippen MR) is 76.1 cm³/mol. The second kappa shape index (κ2) is 6.01. The van der Waals surface area contributed by atoms with Crippen molar-refractivity contribution in [2.45, 2.75) is 38.6 Å². The summed E-state index contributed by atoms with van der Waals surface area (Å²) in [4.78, 5) is 16.5. The second-order valence-corrected chi connectivity index (χ2v) is 6.62. The molecule has 1 unspecified atom stereocenters. The summed E-state index contributed by atoms with van der Waals surface area (Å²) < 4.78 is 0. The van der Waals surface area contributed by atoms with Gasteiger partial charge < -0.3 is 4.90 Å². The number of halogens is 1. The number of carbonyl (C=O) groups is 1.